The van der Waals surface area contributed by atoms with E-state index in [1.165, 1.54) is 12.1 Å². The third-order valence-electron chi connectivity index (χ3n) is 1.97. The predicted molar refractivity (Wildman–Crippen MR) is 58.8 cm³/mol. The molecule has 0 bridgehead atoms. The highest BCUT2D eigenvalue weighted by molar-refractivity contribution is 9.10. The van der Waals surface area contributed by atoms with Crippen LogP contribution in [0.1, 0.15) is 0 Å². The third-order valence-corrected chi connectivity index (χ3v) is 2.61. The number of hydrogen-bond donors (Lipinski definition) is 1. The van der Waals surface area contributed by atoms with Crippen molar-refractivity contribution in [1.82, 2.24) is 0 Å². The van der Waals surface area contributed by atoms with E-state index in [0.29, 0.717) is 16.8 Å². The first-order valence-electron chi connectivity index (χ1n) is 4.65. The molecule has 1 saturated heterocycles. The van der Waals surface area contributed by atoms with Crippen LogP contribution in [-0.4, -0.2) is 25.4 Å². The van der Waals surface area contributed by atoms with Gasteiger partial charge in [0.05, 0.1) is 11.1 Å². The van der Waals surface area contributed by atoms with Crippen molar-refractivity contribution < 1.29 is 18.7 Å². The van der Waals surface area contributed by atoms with Crippen molar-refractivity contribution in [3.63, 3.8) is 0 Å². The zero-order valence-electron chi connectivity index (χ0n) is 8.20. The lowest BCUT2D eigenvalue weighted by Gasteiger charge is -2.06. The molecule has 1 unspecified atom stereocenters. The standard InChI is InChI=1S/C10H9BrFNO3/c11-8-2-1-6(3-9(8)12)13-10(14)16-5-7-4-15-7/h1-3,7H,4-5H2,(H,13,14). The number of halogens is 2. The smallest absolute Gasteiger partial charge is 0.411 e. The molecule has 16 heavy (non-hydrogen) atoms. The molecule has 1 aliphatic rings. The Bertz CT molecular complexity index is 409. The van der Waals surface area contributed by atoms with Crippen LogP contribution in [0.4, 0.5) is 14.9 Å². The molecule has 0 aromatic heterocycles. The fourth-order valence-electron chi connectivity index (χ4n) is 1.06. The maximum Gasteiger partial charge on any atom is 0.411 e. The van der Waals surface area contributed by atoms with Gasteiger partial charge in [-0.2, -0.15) is 0 Å². The van der Waals surface area contributed by atoms with E-state index in [4.69, 9.17) is 9.47 Å². The number of rotatable bonds is 3. The molecular weight excluding hydrogens is 281 g/mol. The molecule has 1 aromatic carbocycles. The Morgan fingerprint density at radius 3 is 3.06 bits per heavy atom. The van der Waals surface area contributed by atoms with Crippen molar-refractivity contribution in [3.8, 4) is 0 Å². The van der Waals surface area contributed by atoms with Gasteiger partial charge in [0.25, 0.3) is 0 Å². The summed E-state index contributed by atoms with van der Waals surface area (Å²) in [5, 5.41) is 2.42. The van der Waals surface area contributed by atoms with E-state index < -0.39 is 11.9 Å². The highest BCUT2D eigenvalue weighted by Gasteiger charge is 2.24. The molecule has 1 N–H and O–H groups in total. The summed E-state index contributed by atoms with van der Waals surface area (Å²) in [6.07, 6.45) is -0.593. The summed E-state index contributed by atoms with van der Waals surface area (Å²) in [7, 11) is 0. The van der Waals surface area contributed by atoms with Gasteiger partial charge in [-0.05, 0) is 34.1 Å². The number of amides is 1. The second kappa shape index (κ2) is 4.80. The Kier molecular flexibility index (Phi) is 3.40. The molecule has 1 amide bonds. The summed E-state index contributed by atoms with van der Waals surface area (Å²) in [4.78, 5) is 11.2. The Morgan fingerprint density at radius 2 is 2.44 bits per heavy atom. The third kappa shape index (κ3) is 3.18. The number of nitrogens with one attached hydrogen (secondary N) is 1. The lowest BCUT2D eigenvalue weighted by molar-refractivity contribution is 0.150. The van der Waals surface area contributed by atoms with Crippen LogP contribution in [0.25, 0.3) is 0 Å². The molecule has 0 aliphatic carbocycles. The van der Waals surface area contributed by atoms with Gasteiger partial charge in [-0.25, -0.2) is 9.18 Å². The second-order valence-corrected chi connectivity index (χ2v) is 4.16. The first-order valence-corrected chi connectivity index (χ1v) is 5.45. The zero-order valence-corrected chi connectivity index (χ0v) is 9.79. The minimum atomic E-state index is -0.614. The molecule has 1 atom stereocenters. The summed E-state index contributed by atoms with van der Waals surface area (Å²) < 4.78 is 23.1. The van der Waals surface area contributed by atoms with Crippen molar-refractivity contribution in [2.75, 3.05) is 18.5 Å². The minimum absolute atomic E-state index is 0.0207. The van der Waals surface area contributed by atoms with Crippen LogP contribution in [0.2, 0.25) is 0 Å². The fraction of sp³-hybridized carbons (Fsp3) is 0.300. The highest BCUT2D eigenvalue weighted by Crippen LogP contribution is 2.19. The van der Waals surface area contributed by atoms with E-state index in [1.54, 1.807) is 6.07 Å². The lowest BCUT2D eigenvalue weighted by Crippen LogP contribution is -2.16. The quantitative estimate of drug-likeness (QED) is 0.870. The van der Waals surface area contributed by atoms with Gasteiger partial charge in [-0.15, -0.1) is 0 Å². The number of carbonyl (C=O) groups is 1. The number of epoxide rings is 1. The molecule has 4 nitrogen and oxygen atoms in total. The summed E-state index contributed by atoms with van der Waals surface area (Å²) in [5.41, 5.74) is 0.349. The SMILES string of the molecule is O=C(Nc1ccc(Br)c(F)c1)OCC1CO1. The van der Waals surface area contributed by atoms with Gasteiger partial charge in [0.1, 0.15) is 18.5 Å². The zero-order chi connectivity index (χ0) is 11.5. The summed E-state index contributed by atoms with van der Waals surface area (Å²) in [6.45, 7) is 0.852. The van der Waals surface area contributed by atoms with E-state index in [9.17, 15) is 9.18 Å². The summed E-state index contributed by atoms with van der Waals surface area (Å²) in [5.74, 6) is -0.441. The molecule has 2 rings (SSSR count). The molecule has 1 aromatic rings. The second-order valence-electron chi connectivity index (χ2n) is 3.31. The van der Waals surface area contributed by atoms with Crippen molar-refractivity contribution in [2.24, 2.45) is 0 Å². The van der Waals surface area contributed by atoms with Gasteiger partial charge in [0.2, 0.25) is 0 Å². The molecule has 0 spiro atoms. The molecule has 6 heteroatoms. The van der Waals surface area contributed by atoms with E-state index in [1.807, 2.05) is 0 Å². The van der Waals surface area contributed by atoms with Crippen molar-refractivity contribution in [2.45, 2.75) is 6.10 Å². The maximum absolute atomic E-state index is 13.1. The molecular formula is C10H9BrFNO3. The van der Waals surface area contributed by atoms with Crippen LogP contribution in [0.5, 0.6) is 0 Å². The molecule has 1 aliphatic heterocycles. The van der Waals surface area contributed by atoms with E-state index in [0.717, 1.165) is 0 Å². The van der Waals surface area contributed by atoms with Crippen LogP contribution in [0, 0.1) is 5.82 Å². The molecule has 1 heterocycles. The highest BCUT2D eigenvalue weighted by atomic mass is 79.9. The minimum Gasteiger partial charge on any atom is -0.446 e. The predicted octanol–water partition coefficient (Wildman–Crippen LogP) is 2.54. The van der Waals surface area contributed by atoms with E-state index in [2.05, 4.69) is 21.2 Å². The van der Waals surface area contributed by atoms with Crippen LogP contribution in [0.3, 0.4) is 0 Å². The molecule has 1 fully saturated rings. The first-order chi connectivity index (χ1) is 7.65. The van der Waals surface area contributed by atoms with Gasteiger partial charge in [0.15, 0.2) is 0 Å². The molecule has 0 radical (unpaired) electrons. The largest absolute Gasteiger partial charge is 0.446 e. The number of carbonyl (C=O) groups excluding carboxylic acids is 1. The first kappa shape index (κ1) is 11.3. The van der Waals surface area contributed by atoms with Crippen LogP contribution < -0.4 is 5.32 Å². The van der Waals surface area contributed by atoms with Gasteiger partial charge in [0, 0.05) is 5.69 Å². The molecule has 0 saturated carbocycles. The fourth-order valence-corrected chi connectivity index (χ4v) is 1.31. The summed E-state index contributed by atoms with van der Waals surface area (Å²) in [6, 6.07) is 4.29. The van der Waals surface area contributed by atoms with Gasteiger partial charge >= 0.3 is 6.09 Å². The maximum atomic E-state index is 13.1. The average Bonchev–Trinajstić information content (AvgIpc) is 3.04. The Morgan fingerprint density at radius 1 is 1.69 bits per heavy atom. The Hall–Kier alpha value is -1.14. The van der Waals surface area contributed by atoms with Crippen LogP contribution in [0.15, 0.2) is 22.7 Å². The van der Waals surface area contributed by atoms with Crippen molar-refractivity contribution in [3.05, 3.63) is 28.5 Å². The Balaban J connectivity index is 1.86. The average molecular weight is 290 g/mol. The van der Waals surface area contributed by atoms with E-state index in [-0.39, 0.29) is 12.7 Å². The Labute approximate surface area is 99.9 Å². The summed E-state index contributed by atoms with van der Waals surface area (Å²) >= 11 is 3.02. The molecule has 86 valence electrons. The normalized spacial score (nSPS) is 18.0. The number of benzene rings is 1. The van der Waals surface area contributed by atoms with Gasteiger partial charge in [-0.1, -0.05) is 0 Å². The lowest BCUT2D eigenvalue weighted by atomic mass is 10.3. The number of ether oxygens (including phenoxy) is 2. The van der Waals surface area contributed by atoms with Gasteiger partial charge < -0.3 is 9.47 Å². The number of anilines is 1. The van der Waals surface area contributed by atoms with E-state index >= 15 is 0 Å². The number of hydrogen-bond acceptors (Lipinski definition) is 3. The topological polar surface area (TPSA) is 50.9 Å². The van der Waals surface area contributed by atoms with Crippen molar-refractivity contribution in [1.29, 1.82) is 0 Å². The van der Waals surface area contributed by atoms with Crippen LogP contribution >= 0.6 is 15.9 Å². The van der Waals surface area contributed by atoms with Crippen LogP contribution in [-0.2, 0) is 9.47 Å². The van der Waals surface area contributed by atoms with Gasteiger partial charge in [-0.3, -0.25) is 5.32 Å². The monoisotopic (exact) mass is 289 g/mol. The van der Waals surface area contributed by atoms with Crippen molar-refractivity contribution >= 4 is 27.7 Å².